The summed E-state index contributed by atoms with van der Waals surface area (Å²) in [6.45, 7) is 5.24. The van der Waals surface area contributed by atoms with Crippen molar-refractivity contribution in [1.29, 1.82) is 0 Å². The first-order valence-electron chi connectivity index (χ1n) is 11.4. The van der Waals surface area contributed by atoms with Crippen LogP contribution in [0.15, 0.2) is 48.2 Å². The second kappa shape index (κ2) is 7.71. The molecule has 4 aromatic rings. The average molecular weight is 439 g/mol. The van der Waals surface area contributed by atoms with Crippen molar-refractivity contribution in [3.05, 3.63) is 76.2 Å². The molecule has 166 valence electrons. The van der Waals surface area contributed by atoms with Crippen LogP contribution in [0.2, 0.25) is 0 Å². The second-order valence-electron chi connectivity index (χ2n) is 9.07. The van der Waals surface area contributed by atoms with Crippen molar-refractivity contribution < 1.29 is 4.79 Å². The van der Waals surface area contributed by atoms with Crippen molar-refractivity contribution in [1.82, 2.24) is 24.6 Å². The Balaban J connectivity index is 1.26. The quantitative estimate of drug-likeness (QED) is 0.459. The van der Waals surface area contributed by atoms with E-state index in [0.29, 0.717) is 17.8 Å². The number of ketones is 1. The van der Waals surface area contributed by atoms with Gasteiger partial charge < -0.3 is 10.7 Å². The largest absolute Gasteiger partial charge is 0.383 e. The molecule has 2 aromatic heterocycles. The Labute approximate surface area is 191 Å². The van der Waals surface area contributed by atoms with E-state index in [-0.39, 0.29) is 5.78 Å². The fourth-order valence-corrected chi connectivity index (χ4v) is 5.00. The lowest BCUT2D eigenvalue weighted by atomic mass is 10.0. The number of nitrogen functional groups attached to an aromatic ring is 1. The normalized spacial score (nSPS) is 15.8. The minimum absolute atomic E-state index is 0.0606. The highest BCUT2D eigenvalue weighted by molar-refractivity contribution is 6.15. The molecule has 2 aromatic carbocycles. The number of benzene rings is 2. The lowest BCUT2D eigenvalue weighted by molar-refractivity contribution is 0.103. The number of nitrogens with two attached hydrogens (primary N) is 1. The van der Waals surface area contributed by atoms with E-state index in [2.05, 4.69) is 38.2 Å². The molecule has 1 fully saturated rings. The Morgan fingerprint density at radius 3 is 2.85 bits per heavy atom. The molecule has 1 saturated heterocycles. The average Bonchev–Trinajstić information content (AvgIpc) is 3.58. The molecule has 7 nitrogen and oxygen atoms in total. The van der Waals surface area contributed by atoms with Crippen molar-refractivity contribution in [2.45, 2.75) is 32.7 Å². The van der Waals surface area contributed by atoms with E-state index in [1.165, 1.54) is 37.1 Å². The highest BCUT2D eigenvalue weighted by Gasteiger charge is 2.24. The molecule has 3 heterocycles. The summed E-state index contributed by atoms with van der Waals surface area (Å²) in [5.74, 6) is 1.14. The van der Waals surface area contributed by atoms with Crippen LogP contribution in [-0.4, -0.2) is 43.5 Å². The van der Waals surface area contributed by atoms with Gasteiger partial charge in [0, 0.05) is 18.5 Å². The van der Waals surface area contributed by atoms with Gasteiger partial charge in [-0.3, -0.25) is 9.69 Å². The number of hydrogen-bond acceptors (Lipinski definition) is 5. The molecule has 3 N–H and O–H groups in total. The SMILES string of the molecule is Cc1nc2ccc(-n3ncc(C(=O)C4=Cc5cc(CN6CCCC6)ccc5C4)c3N)cc2[nH]1. The summed E-state index contributed by atoms with van der Waals surface area (Å²) in [4.78, 5) is 23.5. The summed E-state index contributed by atoms with van der Waals surface area (Å²) in [6.07, 6.45) is 6.79. The first kappa shape index (κ1) is 19.9. The van der Waals surface area contributed by atoms with Gasteiger partial charge in [0.25, 0.3) is 0 Å². The summed E-state index contributed by atoms with van der Waals surface area (Å²) in [6, 6.07) is 12.4. The predicted molar refractivity (Wildman–Crippen MR) is 129 cm³/mol. The minimum atomic E-state index is -0.0606. The Morgan fingerprint density at radius 1 is 1.15 bits per heavy atom. The fraction of sp³-hybridized carbons (Fsp3) is 0.269. The van der Waals surface area contributed by atoms with Crippen molar-refractivity contribution in [3.8, 4) is 5.69 Å². The molecule has 1 aliphatic carbocycles. The minimum Gasteiger partial charge on any atom is -0.383 e. The van der Waals surface area contributed by atoms with Crippen LogP contribution in [0.5, 0.6) is 0 Å². The lowest BCUT2D eigenvalue weighted by Gasteiger charge is -2.15. The number of aryl methyl sites for hydroxylation is 1. The predicted octanol–water partition coefficient (Wildman–Crippen LogP) is 4.06. The summed E-state index contributed by atoms with van der Waals surface area (Å²) in [5, 5.41) is 4.42. The third-order valence-electron chi connectivity index (χ3n) is 6.70. The smallest absolute Gasteiger partial charge is 0.194 e. The molecular weight excluding hydrogens is 412 g/mol. The fourth-order valence-electron chi connectivity index (χ4n) is 5.00. The number of anilines is 1. The Hall–Kier alpha value is -3.71. The number of imidazole rings is 1. The van der Waals surface area contributed by atoms with Crippen LogP contribution in [0.4, 0.5) is 5.82 Å². The highest BCUT2D eigenvalue weighted by atomic mass is 16.1. The number of likely N-dealkylation sites (tertiary alicyclic amines) is 1. The number of nitrogens with one attached hydrogen (secondary N) is 1. The molecule has 33 heavy (non-hydrogen) atoms. The van der Waals surface area contributed by atoms with Gasteiger partial charge >= 0.3 is 0 Å². The molecule has 0 radical (unpaired) electrons. The molecule has 2 aliphatic rings. The number of rotatable bonds is 5. The Kier molecular flexibility index (Phi) is 4.66. The topological polar surface area (TPSA) is 92.8 Å². The van der Waals surface area contributed by atoms with E-state index in [1.54, 1.807) is 10.9 Å². The third-order valence-corrected chi connectivity index (χ3v) is 6.70. The number of aromatic amines is 1. The first-order valence-corrected chi connectivity index (χ1v) is 11.4. The van der Waals surface area contributed by atoms with Gasteiger partial charge in [0.15, 0.2) is 5.78 Å². The van der Waals surface area contributed by atoms with Crippen LogP contribution in [0.25, 0.3) is 22.8 Å². The van der Waals surface area contributed by atoms with E-state index in [0.717, 1.165) is 40.2 Å². The van der Waals surface area contributed by atoms with Gasteiger partial charge in [0.2, 0.25) is 0 Å². The summed E-state index contributed by atoms with van der Waals surface area (Å²) >= 11 is 0. The van der Waals surface area contributed by atoms with Gasteiger partial charge in [0.05, 0.1) is 28.5 Å². The van der Waals surface area contributed by atoms with Gasteiger partial charge in [-0.05, 0) is 73.8 Å². The zero-order chi connectivity index (χ0) is 22.5. The van der Waals surface area contributed by atoms with Crippen LogP contribution in [-0.2, 0) is 13.0 Å². The number of fused-ring (bicyclic) bond motifs is 2. The molecule has 0 amide bonds. The van der Waals surface area contributed by atoms with Gasteiger partial charge in [0.1, 0.15) is 11.6 Å². The van der Waals surface area contributed by atoms with Gasteiger partial charge in [-0.25, -0.2) is 9.67 Å². The maximum Gasteiger partial charge on any atom is 0.194 e. The lowest BCUT2D eigenvalue weighted by Crippen LogP contribution is -2.18. The van der Waals surface area contributed by atoms with Gasteiger partial charge in [-0.1, -0.05) is 18.2 Å². The molecule has 1 aliphatic heterocycles. The number of H-pyrrole nitrogens is 1. The van der Waals surface area contributed by atoms with E-state index < -0.39 is 0 Å². The maximum absolute atomic E-state index is 13.3. The molecule has 0 spiro atoms. The number of Topliss-reactive ketones (excluding diaryl/α,β-unsaturated/α-hetero) is 1. The van der Waals surface area contributed by atoms with Crippen molar-refractivity contribution in [2.75, 3.05) is 18.8 Å². The summed E-state index contributed by atoms with van der Waals surface area (Å²) in [5.41, 5.74) is 13.8. The molecule has 0 bridgehead atoms. The van der Waals surface area contributed by atoms with E-state index >= 15 is 0 Å². The Bertz CT molecular complexity index is 1420. The number of carbonyl (C=O) groups excluding carboxylic acids is 1. The van der Waals surface area contributed by atoms with Crippen LogP contribution < -0.4 is 5.73 Å². The van der Waals surface area contributed by atoms with Crippen LogP contribution >= 0.6 is 0 Å². The molecule has 0 atom stereocenters. The highest BCUT2D eigenvalue weighted by Crippen LogP contribution is 2.31. The monoisotopic (exact) mass is 438 g/mol. The number of allylic oxidation sites excluding steroid dienone is 1. The van der Waals surface area contributed by atoms with E-state index in [9.17, 15) is 4.79 Å². The standard InChI is InChI=1S/C26H26N6O/c1-16-29-23-7-6-21(13-24(23)30-16)32-26(27)22(14-28-32)25(33)20-11-18-5-4-17(10-19(18)12-20)15-31-8-2-3-9-31/h4-7,10,12-14H,2-3,8-9,11,15,27H2,1H3,(H,29,30). The second-order valence-corrected chi connectivity index (χ2v) is 9.07. The molecular formula is C26H26N6O. The zero-order valence-electron chi connectivity index (χ0n) is 18.6. The first-order chi connectivity index (χ1) is 16.0. The number of nitrogens with zero attached hydrogens (tertiary/aromatic N) is 4. The number of hydrogen-bond donors (Lipinski definition) is 2. The summed E-state index contributed by atoms with van der Waals surface area (Å²) in [7, 11) is 0. The van der Waals surface area contributed by atoms with E-state index in [4.69, 9.17) is 5.73 Å². The molecule has 0 unspecified atom stereocenters. The van der Waals surface area contributed by atoms with Gasteiger partial charge in [-0.2, -0.15) is 5.10 Å². The molecule has 7 heteroatoms. The van der Waals surface area contributed by atoms with E-state index in [1.807, 2.05) is 31.2 Å². The van der Waals surface area contributed by atoms with Crippen molar-refractivity contribution in [2.24, 2.45) is 0 Å². The number of carbonyl (C=O) groups is 1. The summed E-state index contributed by atoms with van der Waals surface area (Å²) < 4.78 is 1.61. The van der Waals surface area contributed by atoms with Crippen molar-refractivity contribution >= 4 is 28.7 Å². The maximum atomic E-state index is 13.3. The van der Waals surface area contributed by atoms with Crippen LogP contribution in [0.1, 0.15) is 45.7 Å². The molecule has 0 saturated carbocycles. The number of aromatic nitrogens is 4. The van der Waals surface area contributed by atoms with Crippen LogP contribution in [0, 0.1) is 6.92 Å². The van der Waals surface area contributed by atoms with Crippen LogP contribution in [0.3, 0.4) is 0 Å². The van der Waals surface area contributed by atoms with Gasteiger partial charge in [-0.15, -0.1) is 0 Å². The Morgan fingerprint density at radius 2 is 2.00 bits per heavy atom. The molecule has 6 rings (SSSR count). The van der Waals surface area contributed by atoms with Crippen molar-refractivity contribution in [3.63, 3.8) is 0 Å². The zero-order valence-corrected chi connectivity index (χ0v) is 18.6. The third kappa shape index (κ3) is 3.54.